The number of carboxylic acid groups (broad SMARTS) is 1. The molecule has 110 valence electrons. The Labute approximate surface area is 129 Å². The van der Waals surface area contributed by atoms with Crippen molar-refractivity contribution in [2.75, 3.05) is 11.9 Å². The Kier molecular flexibility index (Phi) is 4.43. The lowest BCUT2D eigenvalue weighted by molar-refractivity contribution is 0.0695. The molecule has 0 saturated heterocycles. The maximum atomic E-state index is 11.6. The molecule has 0 unspecified atom stereocenters. The molecule has 0 aromatic heterocycles. The Morgan fingerprint density at radius 1 is 1.15 bits per heavy atom. The van der Waals surface area contributed by atoms with E-state index >= 15 is 0 Å². The molecule has 1 aromatic rings. The van der Waals surface area contributed by atoms with Gasteiger partial charge in [-0.05, 0) is 50.3 Å². The van der Waals surface area contributed by atoms with E-state index < -0.39 is 5.97 Å². The summed E-state index contributed by atoms with van der Waals surface area (Å²) >= 11 is 3.57. The van der Waals surface area contributed by atoms with Crippen LogP contribution in [0, 0.1) is 20.8 Å². The highest BCUT2D eigenvalue weighted by molar-refractivity contribution is 9.10. The highest BCUT2D eigenvalue weighted by Crippen LogP contribution is 2.39. The number of hydrogen-bond donors (Lipinski definition) is 1. The summed E-state index contributed by atoms with van der Waals surface area (Å²) in [5.41, 5.74) is 4.34. The van der Waals surface area contributed by atoms with Crippen LogP contribution in [-0.2, 0) is 0 Å². The zero-order chi connectivity index (χ0) is 15.0. The van der Waals surface area contributed by atoms with Crippen LogP contribution in [0.25, 0.3) is 0 Å². The van der Waals surface area contributed by atoms with Crippen molar-refractivity contribution in [3.8, 4) is 0 Å². The summed E-state index contributed by atoms with van der Waals surface area (Å²) in [6.45, 7) is 5.86. The fraction of sp³-hybridized carbons (Fsp3) is 0.562. The van der Waals surface area contributed by atoms with E-state index in [9.17, 15) is 9.90 Å². The van der Waals surface area contributed by atoms with Crippen LogP contribution >= 0.6 is 15.9 Å². The smallest absolute Gasteiger partial charge is 0.336 e. The molecule has 0 atom stereocenters. The van der Waals surface area contributed by atoms with Crippen LogP contribution in [-0.4, -0.2) is 24.2 Å². The highest BCUT2D eigenvalue weighted by Gasteiger charge is 2.26. The Hall–Kier alpha value is -1.03. The molecule has 2 rings (SSSR count). The first-order valence-corrected chi connectivity index (χ1v) is 7.91. The van der Waals surface area contributed by atoms with Crippen LogP contribution in [0.1, 0.15) is 52.7 Å². The number of benzene rings is 1. The van der Waals surface area contributed by atoms with Gasteiger partial charge in [-0.2, -0.15) is 0 Å². The summed E-state index contributed by atoms with van der Waals surface area (Å²) in [4.78, 5) is 13.8. The molecule has 0 amide bonds. The van der Waals surface area contributed by atoms with Gasteiger partial charge in [-0.15, -0.1) is 0 Å². The first-order valence-electron chi connectivity index (χ1n) is 7.11. The second-order valence-electron chi connectivity index (χ2n) is 5.77. The van der Waals surface area contributed by atoms with Crippen molar-refractivity contribution in [1.29, 1.82) is 0 Å². The predicted octanol–water partition coefficient (Wildman–Crippen LogP) is 4.45. The molecule has 20 heavy (non-hydrogen) atoms. The van der Waals surface area contributed by atoms with E-state index in [4.69, 9.17) is 0 Å². The van der Waals surface area contributed by atoms with Gasteiger partial charge in [0, 0.05) is 23.2 Å². The number of nitrogens with zero attached hydrogens (tertiary/aromatic N) is 1. The zero-order valence-electron chi connectivity index (χ0n) is 12.6. The summed E-state index contributed by atoms with van der Waals surface area (Å²) in [5.74, 6) is -0.846. The van der Waals surface area contributed by atoms with Gasteiger partial charge in [0.15, 0.2) is 0 Å². The highest BCUT2D eigenvalue weighted by atomic mass is 79.9. The van der Waals surface area contributed by atoms with Crippen LogP contribution in [0.5, 0.6) is 0 Å². The minimum atomic E-state index is -0.846. The monoisotopic (exact) mass is 339 g/mol. The van der Waals surface area contributed by atoms with Crippen molar-refractivity contribution in [3.05, 3.63) is 26.7 Å². The minimum absolute atomic E-state index is 0.433. The van der Waals surface area contributed by atoms with Gasteiger partial charge in [0.05, 0.1) is 5.56 Å². The molecule has 3 nitrogen and oxygen atoms in total. The summed E-state index contributed by atoms with van der Waals surface area (Å²) in [6.07, 6.45) is 4.93. The lowest BCUT2D eigenvalue weighted by Gasteiger charge is -2.31. The van der Waals surface area contributed by atoms with Crippen LogP contribution in [0.15, 0.2) is 4.47 Å². The minimum Gasteiger partial charge on any atom is -0.478 e. The number of aromatic carboxylic acids is 1. The van der Waals surface area contributed by atoms with Crippen molar-refractivity contribution in [2.24, 2.45) is 0 Å². The molecule has 0 heterocycles. The first kappa shape index (κ1) is 15.4. The first-order chi connectivity index (χ1) is 9.36. The molecule has 0 spiro atoms. The van der Waals surface area contributed by atoms with Gasteiger partial charge >= 0.3 is 5.97 Å². The molecule has 1 N–H and O–H groups in total. The van der Waals surface area contributed by atoms with Crippen LogP contribution < -0.4 is 4.90 Å². The van der Waals surface area contributed by atoms with Crippen LogP contribution in [0.2, 0.25) is 0 Å². The molecule has 1 aliphatic rings. The third-order valence-corrected chi connectivity index (χ3v) is 5.75. The van der Waals surface area contributed by atoms with E-state index in [2.05, 4.69) is 34.8 Å². The number of halogens is 1. The molecule has 0 radical (unpaired) electrons. The average Bonchev–Trinajstić information content (AvgIpc) is 2.89. The lowest BCUT2D eigenvalue weighted by Crippen LogP contribution is -2.31. The van der Waals surface area contributed by atoms with Gasteiger partial charge < -0.3 is 10.0 Å². The molecule has 1 fully saturated rings. The second-order valence-corrected chi connectivity index (χ2v) is 6.56. The molecule has 1 saturated carbocycles. The number of carboxylic acids is 1. The molecule has 0 aliphatic heterocycles. The predicted molar refractivity (Wildman–Crippen MR) is 86.0 cm³/mol. The molecule has 1 aliphatic carbocycles. The quantitative estimate of drug-likeness (QED) is 0.884. The lowest BCUT2D eigenvalue weighted by atomic mass is 9.95. The van der Waals surface area contributed by atoms with E-state index in [0.29, 0.717) is 11.6 Å². The average molecular weight is 340 g/mol. The number of hydrogen-bond acceptors (Lipinski definition) is 2. The normalized spacial score (nSPS) is 15.7. The van der Waals surface area contributed by atoms with Gasteiger partial charge in [0.1, 0.15) is 0 Å². The fourth-order valence-electron chi connectivity index (χ4n) is 3.50. The van der Waals surface area contributed by atoms with E-state index in [1.807, 2.05) is 13.8 Å². The second kappa shape index (κ2) is 5.76. The number of carbonyl (C=O) groups is 1. The maximum Gasteiger partial charge on any atom is 0.336 e. The van der Waals surface area contributed by atoms with Crippen molar-refractivity contribution in [2.45, 2.75) is 52.5 Å². The molecule has 1 aromatic carbocycles. The van der Waals surface area contributed by atoms with E-state index in [0.717, 1.165) is 26.9 Å². The fourth-order valence-corrected chi connectivity index (χ4v) is 3.89. The van der Waals surface area contributed by atoms with Crippen molar-refractivity contribution < 1.29 is 9.90 Å². The summed E-state index contributed by atoms with van der Waals surface area (Å²) in [6, 6.07) is 0.531. The standard InChI is InChI=1S/C16H22BrNO2/c1-9-13(16(19)20)10(2)15(11(3)14(9)17)18(4)12-7-5-6-8-12/h12H,5-8H2,1-4H3,(H,19,20). The van der Waals surface area contributed by atoms with Gasteiger partial charge in [0.2, 0.25) is 0 Å². The summed E-state index contributed by atoms with van der Waals surface area (Å²) < 4.78 is 0.917. The Bertz CT molecular complexity index is 548. The van der Waals surface area contributed by atoms with Crippen molar-refractivity contribution in [3.63, 3.8) is 0 Å². The third-order valence-electron chi connectivity index (χ3n) is 4.56. The Balaban J connectivity index is 2.60. The topological polar surface area (TPSA) is 40.5 Å². The molecule has 4 heteroatoms. The van der Waals surface area contributed by atoms with E-state index in [-0.39, 0.29) is 0 Å². The Morgan fingerprint density at radius 3 is 2.20 bits per heavy atom. The van der Waals surface area contributed by atoms with Gasteiger partial charge in [-0.3, -0.25) is 0 Å². The Morgan fingerprint density at radius 2 is 1.70 bits per heavy atom. The largest absolute Gasteiger partial charge is 0.478 e. The third kappa shape index (κ3) is 2.46. The van der Waals surface area contributed by atoms with Gasteiger partial charge in [0.25, 0.3) is 0 Å². The maximum absolute atomic E-state index is 11.6. The van der Waals surface area contributed by atoms with Crippen LogP contribution in [0.4, 0.5) is 5.69 Å². The summed E-state index contributed by atoms with van der Waals surface area (Å²) in [5, 5.41) is 9.49. The molecular weight excluding hydrogens is 318 g/mol. The van der Waals surface area contributed by atoms with Gasteiger partial charge in [-0.25, -0.2) is 4.79 Å². The molecule has 0 bridgehead atoms. The zero-order valence-corrected chi connectivity index (χ0v) is 14.2. The SMILES string of the molecule is Cc1c(Br)c(C)c(N(C)C2CCCC2)c(C)c1C(=O)O. The van der Waals surface area contributed by atoms with E-state index in [1.165, 1.54) is 25.7 Å². The van der Waals surface area contributed by atoms with Crippen molar-refractivity contribution >= 4 is 27.6 Å². The number of anilines is 1. The van der Waals surface area contributed by atoms with Crippen LogP contribution in [0.3, 0.4) is 0 Å². The van der Waals surface area contributed by atoms with Crippen molar-refractivity contribution in [1.82, 2.24) is 0 Å². The summed E-state index contributed by atoms with van der Waals surface area (Å²) in [7, 11) is 2.10. The number of rotatable bonds is 3. The van der Waals surface area contributed by atoms with E-state index in [1.54, 1.807) is 0 Å². The molecular formula is C16H22BrNO2. The van der Waals surface area contributed by atoms with Gasteiger partial charge in [-0.1, -0.05) is 28.8 Å².